The fourth-order valence-corrected chi connectivity index (χ4v) is 2.61. The first kappa shape index (κ1) is 23.3. The molecular formula is C23H37N3O. The summed E-state index contributed by atoms with van der Waals surface area (Å²) in [5.41, 5.74) is 16.0. The van der Waals surface area contributed by atoms with E-state index in [1.54, 1.807) is 0 Å². The van der Waals surface area contributed by atoms with Crippen LogP contribution in [-0.4, -0.2) is 24.3 Å². The second-order valence-electron chi connectivity index (χ2n) is 7.52. The first-order chi connectivity index (χ1) is 12.9. The largest absolute Gasteiger partial charge is 0.390 e. The van der Waals surface area contributed by atoms with E-state index in [0.717, 1.165) is 6.54 Å². The minimum Gasteiger partial charge on any atom is -0.390 e. The lowest BCUT2D eigenvalue weighted by atomic mass is 10.0. The Bertz CT molecular complexity index is 656. The molecule has 1 atom stereocenters. The van der Waals surface area contributed by atoms with Crippen molar-refractivity contribution in [2.45, 2.75) is 58.7 Å². The molecule has 0 aliphatic heterocycles. The quantitative estimate of drug-likeness (QED) is 0.572. The average molecular weight is 372 g/mol. The standard InChI is InChI=1S/C13H22N2O.C10H15N/c1-10(2)12-5-3-4-11(6-12)8-15-9-13(16)7-14;1-8(2)10-5-3-4-9(6-10)7-11/h3-6,10,13,15-16H,7-9,14H2,1-2H3;3-6,8H,7,11H2,1-2H3. The van der Waals surface area contributed by atoms with Gasteiger partial charge in [0.1, 0.15) is 0 Å². The van der Waals surface area contributed by atoms with E-state index < -0.39 is 6.10 Å². The van der Waals surface area contributed by atoms with Crippen molar-refractivity contribution in [3.8, 4) is 0 Å². The number of rotatable bonds is 8. The van der Waals surface area contributed by atoms with Crippen molar-refractivity contribution < 1.29 is 5.11 Å². The van der Waals surface area contributed by atoms with Gasteiger partial charge >= 0.3 is 0 Å². The van der Waals surface area contributed by atoms with E-state index in [-0.39, 0.29) is 0 Å². The van der Waals surface area contributed by atoms with Gasteiger partial charge in [-0.15, -0.1) is 0 Å². The first-order valence-corrected chi connectivity index (χ1v) is 9.83. The van der Waals surface area contributed by atoms with Gasteiger partial charge in [0.25, 0.3) is 0 Å². The van der Waals surface area contributed by atoms with Crippen LogP contribution in [0.3, 0.4) is 0 Å². The van der Waals surface area contributed by atoms with Gasteiger partial charge in [-0.1, -0.05) is 76.2 Å². The Labute approximate surface area is 165 Å². The minimum absolute atomic E-state index is 0.305. The molecule has 0 aliphatic carbocycles. The predicted molar refractivity (Wildman–Crippen MR) is 116 cm³/mol. The van der Waals surface area contributed by atoms with Crippen LogP contribution in [0.4, 0.5) is 0 Å². The summed E-state index contributed by atoms with van der Waals surface area (Å²) in [5, 5.41) is 12.5. The third-order valence-electron chi connectivity index (χ3n) is 4.45. The zero-order valence-corrected chi connectivity index (χ0v) is 17.3. The number of nitrogens with two attached hydrogens (primary N) is 2. The Morgan fingerprint density at radius 2 is 1.37 bits per heavy atom. The normalized spacial score (nSPS) is 12.0. The fourth-order valence-electron chi connectivity index (χ4n) is 2.61. The van der Waals surface area contributed by atoms with Crippen LogP contribution < -0.4 is 16.8 Å². The van der Waals surface area contributed by atoms with E-state index in [9.17, 15) is 5.11 Å². The van der Waals surface area contributed by atoms with E-state index in [1.165, 1.54) is 22.3 Å². The maximum atomic E-state index is 9.29. The number of benzene rings is 2. The van der Waals surface area contributed by atoms with E-state index in [2.05, 4.69) is 81.5 Å². The molecule has 0 fully saturated rings. The molecule has 0 saturated heterocycles. The summed E-state index contributed by atoms with van der Waals surface area (Å²) in [6.07, 6.45) is -0.451. The lowest BCUT2D eigenvalue weighted by Gasteiger charge is -2.11. The highest BCUT2D eigenvalue weighted by Crippen LogP contribution is 2.16. The van der Waals surface area contributed by atoms with Crippen LogP contribution in [-0.2, 0) is 13.1 Å². The molecule has 0 bridgehead atoms. The number of hydrogen-bond acceptors (Lipinski definition) is 4. The van der Waals surface area contributed by atoms with Gasteiger partial charge in [0.05, 0.1) is 6.10 Å². The van der Waals surface area contributed by atoms with Gasteiger partial charge in [-0.25, -0.2) is 0 Å². The Morgan fingerprint density at radius 3 is 1.85 bits per heavy atom. The van der Waals surface area contributed by atoms with Crippen molar-refractivity contribution >= 4 is 0 Å². The Morgan fingerprint density at radius 1 is 0.852 bits per heavy atom. The van der Waals surface area contributed by atoms with Crippen molar-refractivity contribution in [2.24, 2.45) is 11.5 Å². The molecule has 0 spiro atoms. The lowest BCUT2D eigenvalue weighted by Crippen LogP contribution is -2.32. The van der Waals surface area contributed by atoms with Crippen LogP contribution in [0.2, 0.25) is 0 Å². The molecule has 1 unspecified atom stereocenters. The summed E-state index contributed by atoms with van der Waals surface area (Å²) in [7, 11) is 0. The van der Waals surface area contributed by atoms with E-state index in [1.807, 2.05) is 0 Å². The summed E-state index contributed by atoms with van der Waals surface area (Å²) in [6, 6.07) is 17.0. The molecule has 0 amide bonds. The maximum Gasteiger partial charge on any atom is 0.0786 e. The second kappa shape index (κ2) is 12.6. The van der Waals surface area contributed by atoms with Crippen molar-refractivity contribution in [2.75, 3.05) is 13.1 Å². The van der Waals surface area contributed by atoms with Crippen LogP contribution in [0.5, 0.6) is 0 Å². The molecule has 150 valence electrons. The van der Waals surface area contributed by atoms with Gasteiger partial charge in [-0.05, 0) is 34.1 Å². The highest BCUT2D eigenvalue weighted by atomic mass is 16.3. The number of aliphatic hydroxyl groups is 1. The van der Waals surface area contributed by atoms with Crippen molar-refractivity contribution in [1.29, 1.82) is 0 Å². The molecular weight excluding hydrogens is 334 g/mol. The maximum absolute atomic E-state index is 9.29. The molecule has 0 saturated carbocycles. The topological polar surface area (TPSA) is 84.3 Å². The molecule has 0 aromatic heterocycles. The summed E-state index contributed by atoms with van der Waals surface area (Å²) in [6.45, 7) is 11.0. The van der Waals surface area contributed by atoms with Gasteiger partial charge in [0, 0.05) is 26.2 Å². The van der Waals surface area contributed by atoms with Crippen LogP contribution in [0.1, 0.15) is 61.8 Å². The van der Waals surface area contributed by atoms with Crippen molar-refractivity contribution in [3.63, 3.8) is 0 Å². The molecule has 27 heavy (non-hydrogen) atoms. The van der Waals surface area contributed by atoms with Crippen molar-refractivity contribution in [3.05, 3.63) is 70.8 Å². The highest BCUT2D eigenvalue weighted by Gasteiger charge is 2.02. The van der Waals surface area contributed by atoms with Crippen LogP contribution in [0.25, 0.3) is 0 Å². The molecule has 4 heteroatoms. The summed E-state index contributed by atoms with van der Waals surface area (Å²) >= 11 is 0. The summed E-state index contributed by atoms with van der Waals surface area (Å²) in [5.74, 6) is 1.15. The molecule has 4 nitrogen and oxygen atoms in total. The zero-order chi connectivity index (χ0) is 20.2. The van der Waals surface area contributed by atoms with E-state index in [0.29, 0.717) is 31.5 Å². The van der Waals surface area contributed by atoms with Crippen molar-refractivity contribution in [1.82, 2.24) is 5.32 Å². The van der Waals surface area contributed by atoms with Crippen LogP contribution >= 0.6 is 0 Å². The number of nitrogens with one attached hydrogen (secondary N) is 1. The SMILES string of the molecule is CC(C)c1cccc(CN)c1.CC(C)c1cccc(CNCC(O)CN)c1. The Balaban J connectivity index is 0.000000289. The molecule has 2 aromatic carbocycles. The zero-order valence-electron chi connectivity index (χ0n) is 17.3. The summed E-state index contributed by atoms with van der Waals surface area (Å²) in [4.78, 5) is 0. The van der Waals surface area contributed by atoms with Gasteiger partial charge in [0.2, 0.25) is 0 Å². The molecule has 2 aromatic rings. The first-order valence-electron chi connectivity index (χ1n) is 9.83. The number of aliphatic hydroxyl groups excluding tert-OH is 1. The molecule has 2 rings (SSSR count). The third kappa shape index (κ3) is 9.16. The molecule has 6 N–H and O–H groups in total. The fraction of sp³-hybridized carbons (Fsp3) is 0.478. The van der Waals surface area contributed by atoms with Gasteiger partial charge in [0.15, 0.2) is 0 Å². The Hall–Kier alpha value is -1.72. The average Bonchev–Trinajstić information content (AvgIpc) is 2.68. The summed E-state index contributed by atoms with van der Waals surface area (Å²) < 4.78 is 0. The lowest BCUT2D eigenvalue weighted by molar-refractivity contribution is 0.179. The second-order valence-corrected chi connectivity index (χ2v) is 7.52. The van der Waals surface area contributed by atoms with Gasteiger partial charge in [-0.2, -0.15) is 0 Å². The van der Waals surface area contributed by atoms with Crippen LogP contribution in [0, 0.1) is 0 Å². The molecule has 0 radical (unpaired) electrons. The van der Waals surface area contributed by atoms with Gasteiger partial charge in [-0.3, -0.25) is 0 Å². The number of hydrogen-bond donors (Lipinski definition) is 4. The van der Waals surface area contributed by atoms with E-state index >= 15 is 0 Å². The van der Waals surface area contributed by atoms with Gasteiger partial charge < -0.3 is 21.9 Å². The smallest absolute Gasteiger partial charge is 0.0786 e. The minimum atomic E-state index is -0.451. The predicted octanol–water partition coefficient (Wildman–Crippen LogP) is 3.49. The van der Waals surface area contributed by atoms with Crippen LogP contribution in [0.15, 0.2) is 48.5 Å². The molecule has 0 heterocycles. The monoisotopic (exact) mass is 371 g/mol. The molecule has 0 aliphatic rings. The Kier molecular flexibility index (Phi) is 10.9. The highest BCUT2D eigenvalue weighted by molar-refractivity contribution is 5.26. The van der Waals surface area contributed by atoms with E-state index in [4.69, 9.17) is 11.5 Å². The third-order valence-corrected chi connectivity index (χ3v) is 4.45.